The summed E-state index contributed by atoms with van der Waals surface area (Å²) in [6.45, 7) is 9.80. The summed E-state index contributed by atoms with van der Waals surface area (Å²) >= 11 is 7.41. The van der Waals surface area contributed by atoms with Crippen LogP contribution < -0.4 is 10.2 Å². The van der Waals surface area contributed by atoms with Gasteiger partial charge in [0.25, 0.3) is 0 Å². The lowest BCUT2D eigenvalue weighted by Gasteiger charge is -2.40. The van der Waals surface area contributed by atoms with E-state index in [1.54, 1.807) is 6.07 Å². The first-order valence-corrected chi connectivity index (χ1v) is 10.2. The Hall–Kier alpha value is -1.54. The second kappa shape index (κ2) is 9.41. The van der Waals surface area contributed by atoms with E-state index in [-0.39, 0.29) is 29.7 Å². The highest BCUT2D eigenvalue weighted by molar-refractivity contribution is 7.99. The van der Waals surface area contributed by atoms with E-state index < -0.39 is 0 Å². The van der Waals surface area contributed by atoms with E-state index in [1.807, 2.05) is 32.6 Å². The smallest absolute Gasteiger partial charge is 0.230 e. The molecule has 2 rings (SSSR count). The fourth-order valence-corrected chi connectivity index (χ4v) is 3.74. The van der Waals surface area contributed by atoms with Gasteiger partial charge in [0.2, 0.25) is 11.8 Å². The number of nitrogens with zero attached hydrogens (tertiary/aromatic N) is 4. The number of carbonyl (C=O) groups is 2. The number of aromatic nitrogens is 2. The van der Waals surface area contributed by atoms with E-state index in [4.69, 9.17) is 11.6 Å². The summed E-state index contributed by atoms with van der Waals surface area (Å²) in [5.74, 6) is 1.08. The van der Waals surface area contributed by atoms with Crippen molar-refractivity contribution in [3.63, 3.8) is 0 Å². The molecule has 1 fully saturated rings. The lowest BCUT2D eigenvalue weighted by molar-refractivity contribution is -0.133. The van der Waals surface area contributed by atoms with E-state index in [0.717, 1.165) is 5.82 Å². The summed E-state index contributed by atoms with van der Waals surface area (Å²) in [4.78, 5) is 36.5. The molecule has 1 atom stereocenters. The van der Waals surface area contributed by atoms with Crippen molar-refractivity contribution < 1.29 is 9.59 Å². The van der Waals surface area contributed by atoms with Crippen molar-refractivity contribution in [2.75, 3.05) is 30.3 Å². The molecule has 0 bridgehead atoms. The zero-order chi connectivity index (χ0) is 19.3. The maximum atomic E-state index is 12.0. The molecule has 0 unspecified atom stereocenters. The number of hydrogen-bond acceptors (Lipinski definition) is 6. The summed E-state index contributed by atoms with van der Waals surface area (Å²) in [5.41, 5.74) is 0. The topological polar surface area (TPSA) is 78.4 Å². The molecule has 1 aromatic rings. The van der Waals surface area contributed by atoms with Crippen LogP contribution in [-0.4, -0.2) is 64.2 Å². The average Bonchev–Trinajstić information content (AvgIpc) is 2.58. The highest BCUT2D eigenvalue weighted by Gasteiger charge is 2.27. The number of amides is 2. The Bertz CT molecular complexity index is 658. The summed E-state index contributed by atoms with van der Waals surface area (Å²) in [7, 11) is 0. The van der Waals surface area contributed by atoms with Crippen molar-refractivity contribution in [3.8, 4) is 0 Å². The fraction of sp³-hybridized carbons (Fsp3) is 0.647. The highest BCUT2D eigenvalue weighted by atomic mass is 35.5. The first-order valence-electron chi connectivity index (χ1n) is 8.81. The molecule has 7 nitrogen and oxygen atoms in total. The molecule has 2 heterocycles. The number of piperazine rings is 1. The van der Waals surface area contributed by atoms with Crippen molar-refractivity contribution in [2.24, 2.45) is 0 Å². The Morgan fingerprint density at radius 3 is 2.73 bits per heavy atom. The Kier molecular flexibility index (Phi) is 7.52. The van der Waals surface area contributed by atoms with Crippen molar-refractivity contribution in [1.82, 2.24) is 20.2 Å². The van der Waals surface area contributed by atoms with Crippen LogP contribution in [0.25, 0.3) is 0 Å². The van der Waals surface area contributed by atoms with Crippen molar-refractivity contribution >= 4 is 41.0 Å². The standard InChI is InChI=1S/C17H26ClN5O2S/c1-5-16(25)23-7-6-22(9-12(23)4)14-8-13(18)20-17(21-14)26-10-15(24)19-11(2)3/h8,11-12H,5-7,9-10H2,1-4H3,(H,19,24)/t12-/m0/s1. The van der Waals surface area contributed by atoms with Crippen LogP contribution in [0.5, 0.6) is 0 Å². The predicted octanol–water partition coefficient (Wildman–Crippen LogP) is 2.19. The van der Waals surface area contributed by atoms with Crippen LogP contribution in [0.1, 0.15) is 34.1 Å². The third kappa shape index (κ3) is 5.74. The van der Waals surface area contributed by atoms with Gasteiger partial charge in [-0.15, -0.1) is 0 Å². The molecule has 9 heteroatoms. The number of halogens is 1. The number of thioether (sulfide) groups is 1. The van der Waals surface area contributed by atoms with Crippen LogP contribution >= 0.6 is 23.4 Å². The van der Waals surface area contributed by atoms with Gasteiger partial charge in [0.1, 0.15) is 11.0 Å². The van der Waals surface area contributed by atoms with Crippen LogP contribution in [0, 0.1) is 0 Å². The van der Waals surface area contributed by atoms with Crippen molar-refractivity contribution in [1.29, 1.82) is 0 Å². The third-order valence-electron chi connectivity index (χ3n) is 4.02. The largest absolute Gasteiger partial charge is 0.353 e. The second-order valence-electron chi connectivity index (χ2n) is 6.58. The highest BCUT2D eigenvalue weighted by Crippen LogP contribution is 2.24. The Morgan fingerprint density at radius 1 is 1.38 bits per heavy atom. The molecule has 0 saturated carbocycles. The summed E-state index contributed by atoms with van der Waals surface area (Å²) in [5, 5.41) is 3.66. The molecule has 2 amide bonds. The minimum Gasteiger partial charge on any atom is -0.353 e. The minimum atomic E-state index is -0.0598. The molecule has 0 spiro atoms. The van der Waals surface area contributed by atoms with Gasteiger partial charge in [-0.3, -0.25) is 9.59 Å². The van der Waals surface area contributed by atoms with Gasteiger partial charge in [-0.25, -0.2) is 9.97 Å². The van der Waals surface area contributed by atoms with Crippen LogP contribution in [0.2, 0.25) is 5.15 Å². The Labute approximate surface area is 163 Å². The molecule has 1 N–H and O–H groups in total. The normalized spacial score (nSPS) is 17.5. The molecule has 144 valence electrons. The summed E-state index contributed by atoms with van der Waals surface area (Å²) in [6.07, 6.45) is 0.517. The van der Waals surface area contributed by atoms with Gasteiger partial charge >= 0.3 is 0 Å². The average molecular weight is 400 g/mol. The number of anilines is 1. The SMILES string of the molecule is CCC(=O)N1CCN(c2cc(Cl)nc(SCC(=O)NC(C)C)n2)C[C@@H]1C. The number of nitrogens with one attached hydrogen (secondary N) is 1. The van der Waals surface area contributed by atoms with Gasteiger partial charge < -0.3 is 15.1 Å². The quantitative estimate of drug-likeness (QED) is 0.449. The maximum absolute atomic E-state index is 12.0. The van der Waals surface area contributed by atoms with E-state index in [9.17, 15) is 9.59 Å². The van der Waals surface area contributed by atoms with Crippen molar-refractivity contribution in [2.45, 2.75) is 51.4 Å². The molecule has 0 aliphatic carbocycles. The van der Waals surface area contributed by atoms with Gasteiger partial charge in [0, 0.05) is 44.2 Å². The Balaban J connectivity index is 2.03. The Morgan fingerprint density at radius 2 is 2.12 bits per heavy atom. The molecule has 0 radical (unpaired) electrons. The van der Waals surface area contributed by atoms with Crippen molar-refractivity contribution in [3.05, 3.63) is 11.2 Å². The number of rotatable bonds is 6. The van der Waals surface area contributed by atoms with Crippen LogP contribution in [0.15, 0.2) is 11.2 Å². The molecule has 0 aromatic carbocycles. The summed E-state index contributed by atoms with van der Waals surface area (Å²) < 4.78 is 0. The molecule has 1 aliphatic rings. The van der Waals surface area contributed by atoms with Gasteiger partial charge in [-0.1, -0.05) is 30.3 Å². The molecule has 26 heavy (non-hydrogen) atoms. The zero-order valence-corrected chi connectivity index (χ0v) is 17.2. The zero-order valence-electron chi connectivity index (χ0n) is 15.7. The van der Waals surface area contributed by atoms with E-state index in [2.05, 4.69) is 20.2 Å². The van der Waals surface area contributed by atoms with E-state index in [0.29, 0.717) is 36.4 Å². The van der Waals surface area contributed by atoms with Gasteiger partial charge in [-0.2, -0.15) is 0 Å². The van der Waals surface area contributed by atoms with Gasteiger partial charge in [0.15, 0.2) is 5.16 Å². The van der Waals surface area contributed by atoms with Crippen LogP contribution in [0.4, 0.5) is 5.82 Å². The van der Waals surface area contributed by atoms with Gasteiger partial charge in [-0.05, 0) is 20.8 Å². The monoisotopic (exact) mass is 399 g/mol. The lowest BCUT2D eigenvalue weighted by atomic mass is 10.1. The first-order chi connectivity index (χ1) is 12.3. The molecule has 1 aliphatic heterocycles. The minimum absolute atomic E-state index is 0.0598. The summed E-state index contributed by atoms with van der Waals surface area (Å²) in [6, 6.07) is 1.93. The third-order valence-corrected chi connectivity index (χ3v) is 5.06. The van der Waals surface area contributed by atoms with Crippen LogP contribution in [0.3, 0.4) is 0 Å². The second-order valence-corrected chi connectivity index (χ2v) is 7.91. The molecular formula is C17H26ClN5O2S. The van der Waals surface area contributed by atoms with E-state index in [1.165, 1.54) is 11.8 Å². The fourth-order valence-electron chi connectivity index (χ4n) is 2.85. The van der Waals surface area contributed by atoms with E-state index >= 15 is 0 Å². The molecule has 1 aromatic heterocycles. The predicted molar refractivity (Wildman–Crippen MR) is 105 cm³/mol. The number of carbonyl (C=O) groups excluding carboxylic acids is 2. The number of hydrogen-bond donors (Lipinski definition) is 1. The maximum Gasteiger partial charge on any atom is 0.230 e. The lowest BCUT2D eigenvalue weighted by Crippen LogP contribution is -2.54. The van der Waals surface area contributed by atoms with Crippen LogP contribution in [-0.2, 0) is 9.59 Å². The van der Waals surface area contributed by atoms with Gasteiger partial charge in [0.05, 0.1) is 5.75 Å². The molecule has 1 saturated heterocycles. The first kappa shape index (κ1) is 20.8. The molecular weight excluding hydrogens is 374 g/mol.